The summed E-state index contributed by atoms with van der Waals surface area (Å²) in [5.41, 5.74) is 0.570. The molecule has 0 spiro atoms. The molecule has 0 aliphatic carbocycles. The van der Waals surface area contributed by atoms with Crippen LogP contribution in [0.3, 0.4) is 0 Å². The fraction of sp³-hybridized carbons (Fsp3) is 0.190. The second-order valence-electron chi connectivity index (χ2n) is 6.27. The van der Waals surface area contributed by atoms with E-state index in [1.54, 1.807) is 0 Å². The molecule has 28 heavy (non-hydrogen) atoms. The van der Waals surface area contributed by atoms with E-state index in [-0.39, 0.29) is 4.47 Å². The van der Waals surface area contributed by atoms with Crippen LogP contribution in [0.1, 0.15) is 30.1 Å². The number of carbonyl (C=O) groups excluding carboxylic acids is 1. The van der Waals surface area contributed by atoms with Crippen molar-refractivity contribution in [3.8, 4) is 0 Å². The maximum Gasteiger partial charge on any atom is 0.332 e. The van der Waals surface area contributed by atoms with Crippen LogP contribution < -0.4 is 11.2 Å². The normalized spacial score (nSPS) is 12.0. The molecule has 0 N–H and O–H groups in total. The summed E-state index contributed by atoms with van der Waals surface area (Å²) in [4.78, 5) is 37.9. The quantitative estimate of drug-likeness (QED) is 0.569. The second-order valence-corrected chi connectivity index (χ2v) is 7.12. The molecule has 0 aliphatic heterocycles. The number of carbonyl (C=O) groups is 1. The van der Waals surface area contributed by atoms with Crippen LogP contribution in [0.2, 0.25) is 0 Å². The number of hydrogen-bond donors (Lipinski definition) is 0. The first kappa shape index (κ1) is 19.8. The minimum absolute atomic E-state index is 0.180. The molecule has 3 rings (SSSR count). The van der Waals surface area contributed by atoms with Crippen LogP contribution in [-0.4, -0.2) is 22.2 Å². The monoisotopic (exact) mass is 442 g/mol. The van der Waals surface area contributed by atoms with Crippen molar-refractivity contribution in [3.05, 3.63) is 103 Å². The van der Waals surface area contributed by atoms with Gasteiger partial charge in [-0.2, -0.15) is 0 Å². The molecule has 2 aromatic carbocycles. The molecule has 0 amide bonds. The third-order valence-corrected chi connectivity index (χ3v) is 5.08. The maximum atomic E-state index is 13.3. The Bertz CT molecular complexity index is 1050. The standard InChI is InChI=1S/C21H19BrN2O4/c1-14(20(26)28-2)24-19(25)17(22)13-23(21(24)27)18(15-9-5-3-6-10-15)16-11-7-4-8-12-16/h3-14,18H,1-2H3. The summed E-state index contributed by atoms with van der Waals surface area (Å²) in [7, 11) is 1.22. The Labute approximate surface area is 170 Å². The predicted molar refractivity (Wildman–Crippen MR) is 110 cm³/mol. The lowest BCUT2D eigenvalue weighted by Gasteiger charge is -2.23. The lowest BCUT2D eigenvalue weighted by Crippen LogP contribution is -2.45. The Morgan fingerprint density at radius 1 is 0.964 bits per heavy atom. The van der Waals surface area contributed by atoms with Crippen LogP contribution in [-0.2, 0) is 9.53 Å². The number of aromatic nitrogens is 2. The lowest BCUT2D eigenvalue weighted by atomic mass is 9.98. The molecule has 0 saturated heterocycles. The summed E-state index contributed by atoms with van der Waals surface area (Å²) in [6.45, 7) is 1.46. The summed E-state index contributed by atoms with van der Waals surface area (Å²) in [6, 6.07) is 17.5. The highest BCUT2D eigenvalue weighted by atomic mass is 79.9. The van der Waals surface area contributed by atoms with Crippen LogP contribution in [0, 0.1) is 0 Å². The minimum atomic E-state index is -1.05. The zero-order valence-corrected chi connectivity index (χ0v) is 17.0. The third-order valence-electron chi connectivity index (χ3n) is 4.54. The average Bonchev–Trinajstić information content (AvgIpc) is 2.73. The molecule has 6 nitrogen and oxygen atoms in total. The molecular formula is C21H19BrN2O4. The molecule has 0 aliphatic rings. The molecule has 7 heteroatoms. The number of nitrogens with zero attached hydrogens (tertiary/aromatic N) is 2. The first-order chi connectivity index (χ1) is 13.5. The van der Waals surface area contributed by atoms with Crippen molar-refractivity contribution < 1.29 is 9.53 Å². The van der Waals surface area contributed by atoms with E-state index in [4.69, 9.17) is 4.74 Å². The van der Waals surface area contributed by atoms with Gasteiger partial charge in [0.1, 0.15) is 6.04 Å². The van der Waals surface area contributed by atoms with E-state index in [0.717, 1.165) is 15.7 Å². The molecule has 1 heterocycles. The molecule has 1 aromatic heterocycles. The second kappa shape index (κ2) is 8.39. The topological polar surface area (TPSA) is 70.3 Å². The van der Waals surface area contributed by atoms with E-state index in [1.807, 2.05) is 60.7 Å². The SMILES string of the molecule is COC(=O)C(C)n1c(=O)c(Br)cn(C(c2ccccc2)c2ccccc2)c1=O. The predicted octanol–water partition coefficient (Wildman–Crippen LogP) is 3.14. The van der Waals surface area contributed by atoms with Gasteiger partial charge in [-0.25, -0.2) is 14.2 Å². The summed E-state index contributed by atoms with van der Waals surface area (Å²) in [6.07, 6.45) is 1.47. The summed E-state index contributed by atoms with van der Waals surface area (Å²) in [5, 5.41) is 0. The number of ether oxygens (including phenoxy) is 1. The lowest BCUT2D eigenvalue weighted by molar-refractivity contribution is -0.144. The van der Waals surface area contributed by atoms with Crippen molar-refractivity contribution in [1.29, 1.82) is 0 Å². The van der Waals surface area contributed by atoms with E-state index in [9.17, 15) is 14.4 Å². The van der Waals surface area contributed by atoms with Crippen LogP contribution >= 0.6 is 15.9 Å². The van der Waals surface area contributed by atoms with Gasteiger partial charge in [-0.1, -0.05) is 60.7 Å². The molecule has 144 valence electrons. The van der Waals surface area contributed by atoms with Gasteiger partial charge in [0, 0.05) is 6.20 Å². The fourth-order valence-electron chi connectivity index (χ4n) is 3.15. The van der Waals surface area contributed by atoms with Crippen molar-refractivity contribution in [1.82, 2.24) is 9.13 Å². The number of benzene rings is 2. The molecule has 0 fully saturated rings. The largest absolute Gasteiger partial charge is 0.467 e. The highest BCUT2D eigenvalue weighted by Gasteiger charge is 2.25. The van der Waals surface area contributed by atoms with Crippen LogP contribution in [0.4, 0.5) is 0 Å². The first-order valence-corrected chi connectivity index (χ1v) is 9.46. The van der Waals surface area contributed by atoms with Crippen LogP contribution in [0.5, 0.6) is 0 Å². The Morgan fingerprint density at radius 2 is 1.46 bits per heavy atom. The summed E-state index contributed by atoms with van der Waals surface area (Å²) in [5.74, 6) is -0.667. The van der Waals surface area contributed by atoms with Gasteiger partial charge in [0.05, 0.1) is 17.6 Å². The van der Waals surface area contributed by atoms with Crippen LogP contribution in [0.25, 0.3) is 0 Å². The minimum Gasteiger partial charge on any atom is -0.467 e. The van der Waals surface area contributed by atoms with Crippen molar-refractivity contribution in [2.24, 2.45) is 0 Å². The smallest absolute Gasteiger partial charge is 0.332 e. The van der Waals surface area contributed by atoms with Gasteiger partial charge in [0.25, 0.3) is 5.56 Å². The van der Waals surface area contributed by atoms with Gasteiger partial charge < -0.3 is 4.74 Å². The number of methoxy groups -OCH3 is 1. The van der Waals surface area contributed by atoms with Crippen molar-refractivity contribution in [2.45, 2.75) is 19.0 Å². The van der Waals surface area contributed by atoms with Crippen LogP contribution in [0.15, 0.2) is 80.9 Å². The Balaban J connectivity index is 2.30. The Hall–Kier alpha value is -2.93. The molecule has 1 unspecified atom stereocenters. The molecular weight excluding hydrogens is 424 g/mol. The molecule has 0 saturated carbocycles. The van der Waals surface area contributed by atoms with Gasteiger partial charge >= 0.3 is 11.7 Å². The van der Waals surface area contributed by atoms with E-state index in [2.05, 4.69) is 15.9 Å². The Kier molecular flexibility index (Phi) is 5.94. The van der Waals surface area contributed by atoms with Gasteiger partial charge in [0.15, 0.2) is 0 Å². The van der Waals surface area contributed by atoms with Gasteiger partial charge in [0.2, 0.25) is 0 Å². The van der Waals surface area contributed by atoms with Crippen molar-refractivity contribution in [2.75, 3.05) is 7.11 Å². The maximum absolute atomic E-state index is 13.3. The number of hydrogen-bond acceptors (Lipinski definition) is 4. The molecule has 0 bridgehead atoms. The van der Waals surface area contributed by atoms with E-state index < -0.39 is 29.3 Å². The highest BCUT2D eigenvalue weighted by molar-refractivity contribution is 9.10. The number of rotatable bonds is 5. The van der Waals surface area contributed by atoms with Gasteiger partial charge in [-0.15, -0.1) is 0 Å². The molecule has 3 aromatic rings. The average molecular weight is 443 g/mol. The fourth-order valence-corrected chi connectivity index (χ4v) is 3.56. The third kappa shape index (κ3) is 3.71. The number of esters is 1. The summed E-state index contributed by atoms with van der Waals surface area (Å²) >= 11 is 3.24. The first-order valence-electron chi connectivity index (χ1n) is 8.66. The summed E-state index contributed by atoms with van der Waals surface area (Å²) < 4.78 is 7.27. The van der Waals surface area contributed by atoms with E-state index in [1.165, 1.54) is 24.8 Å². The zero-order valence-electron chi connectivity index (χ0n) is 15.4. The van der Waals surface area contributed by atoms with Crippen molar-refractivity contribution >= 4 is 21.9 Å². The van der Waals surface area contributed by atoms with E-state index >= 15 is 0 Å². The Morgan fingerprint density at radius 3 is 1.93 bits per heavy atom. The van der Waals surface area contributed by atoms with E-state index in [0.29, 0.717) is 0 Å². The zero-order chi connectivity index (χ0) is 20.3. The molecule has 1 atom stereocenters. The van der Waals surface area contributed by atoms with Gasteiger partial charge in [-0.3, -0.25) is 9.36 Å². The highest BCUT2D eigenvalue weighted by Crippen LogP contribution is 2.25. The van der Waals surface area contributed by atoms with Gasteiger partial charge in [-0.05, 0) is 34.0 Å². The van der Waals surface area contributed by atoms with Crippen molar-refractivity contribution in [3.63, 3.8) is 0 Å². The molecule has 0 radical (unpaired) electrons. The number of halogens is 1.